The number of halogens is 1. The first kappa shape index (κ1) is 26.6. The van der Waals surface area contributed by atoms with E-state index in [9.17, 15) is 13.2 Å². The topological polar surface area (TPSA) is 75.7 Å². The summed E-state index contributed by atoms with van der Waals surface area (Å²) in [6, 6.07) is 21.4. The van der Waals surface area contributed by atoms with Crippen LogP contribution in [0.3, 0.4) is 0 Å². The maximum atomic E-state index is 12.6. The van der Waals surface area contributed by atoms with E-state index in [4.69, 9.17) is 16.3 Å². The molecule has 0 aliphatic rings. The van der Waals surface area contributed by atoms with Crippen LogP contribution in [0.15, 0.2) is 72.8 Å². The van der Waals surface area contributed by atoms with Crippen molar-refractivity contribution in [1.82, 2.24) is 5.32 Å². The molecule has 3 aromatic carbocycles. The van der Waals surface area contributed by atoms with Gasteiger partial charge < -0.3 is 10.1 Å². The van der Waals surface area contributed by atoms with E-state index in [1.165, 1.54) is 4.31 Å². The van der Waals surface area contributed by atoms with Crippen LogP contribution in [-0.2, 0) is 22.0 Å². The van der Waals surface area contributed by atoms with Crippen LogP contribution in [-0.4, -0.2) is 33.7 Å². The molecule has 0 radical (unpaired) electrons. The van der Waals surface area contributed by atoms with E-state index >= 15 is 0 Å². The highest BCUT2D eigenvalue weighted by atomic mass is 35.5. The number of hydrogen-bond donors (Lipinski definition) is 1. The first-order valence-corrected chi connectivity index (χ1v) is 13.5. The molecule has 0 saturated heterocycles. The predicted molar refractivity (Wildman–Crippen MR) is 142 cm³/mol. The Morgan fingerprint density at radius 3 is 2.23 bits per heavy atom. The van der Waals surface area contributed by atoms with Crippen molar-refractivity contribution in [1.29, 1.82) is 0 Å². The van der Waals surface area contributed by atoms with Crippen molar-refractivity contribution < 1.29 is 17.9 Å². The molecule has 1 N–H and O–H groups in total. The Hall–Kier alpha value is -3.03. The predicted octanol–water partition coefficient (Wildman–Crippen LogP) is 5.41. The highest BCUT2D eigenvalue weighted by Crippen LogP contribution is 2.31. The molecule has 0 spiro atoms. The third-order valence-corrected chi connectivity index (χ3v) is 6.94. The zero-order valence-corrected chi connectivity index (χ0v) is 22.0. The van der Waals surface area contributed by atoms with Crippen LogP contribution < -0.4 is 14.4 Å². The van der Waals surface area contributed by atoms with Gasteiger partial charge in [-0.25, -0.2) is 8.42 Å². The van der Waals surface area contributed by atoms with Crippen LogP contribution in [0.25, 0.3) is 0 Å². The lowest BCUT2D eigenvalue weighted by molar-refractivity contribution is 0.0947. The molecule has 8 heteroatoms. The summed E-state index contributed by atoms with van der Waals surface area (Å²) in [5.74, 6) is 0.541. The molecule has 0 unspecified atom stereocenters. The number of ether oxygens (including phenoxy) is 1. The second kappa shape index (κ2) is 11.1. The Labute approximate surface area is 212 Å². The van der Waals surface area contributed by atoms with Crippen LogP contribution in [0.5, 0.6) is 5.75 Å². The van der Waals surface area contributed by atoms with Gasteiger partial charge in [-0.15, -0.1) is 0 Å². The smallest absolute Gasteiger partial charge is 0.251 e. The van der Waals surface area contributed by atoms with E-state index in [1.807, 2.05) is 24.3 Å². The molecular formula is C27H31ClN2O4S. The molecule has 0 saturated carbocycles. The fourth-order valence-corrected chi connectivity index (χ4v) is 4.67. The highest BCUT2D eigenvalue weighted by Gasteiger charge is 2.20. The summed E-state index contributed by atoms with van der Waals surface area (Å²) >= 11 is 6.22. The third kappa shape index (κ3) is 7.23. The van der Waals surface area contributed by atoms with Gasteiger partial charge in [0, 0.05) is 10.6 Å². The van der Waals surface area contributed by atoms with Crippen LogP contribution >= 0.6 is 11.6 Å². The van der Waals surface area contributed by atoms with E-state index in [0.717, 1.165) is 17.6 Å². The zero-order valence-electron chi connectivity index (χ0n) is 20.4. The van der Waals surface area contributed by atoms with Gasteiger partial charge in [0.25, 0.3) is 5.91 Å². The van der Waals surface area contributed by atoms with Gasteiger partial charge in [0.2, 0.25) is 10.0 Å². The maximum Gasteiger partial charge on any atom is 0.251 e. The lowest BCUT2D eigenvalue weighted by atomic mass is 9.86. The number of anilines is 1. The van der Waals surface area contributed by atoms with Crippen molar-refractivity contribution in [2.24, 2.45) is 0 Å². The van der Waals surface area contributed by atoms with Crippen LogP contribution in [0.2, 0.25) is 5.02 Å². The van der Waals surface area contributed by atoms with E-state index in [1.54, 1.807) is 48.5 Å². The number of rotatable bonds is 9. The number of sulfonamides is 1. The summed E-state index contributed by atoms with van der Waals surface area (Å²) < 4.78 is 32.0. The van der Waals surface area contributed by atoms with E-state index < -0.39 is 10.0 Å². The summed E-state index contributed by atoms with van der Waals surface area (Å²) in [6.45, 7) is 7.13. The highest BCUT2D eigenvalue weighted by molar-refractivity contribution is 7.92. The van der Waals surface area contributed by atoms with Crippen LogP contribution in [0.4, 0.5) is 5.69 Å². The Morgan fingerprint density at radius 2 is 1.60 bits per heavy atom. The summed E-state index contributed by atoms with van der Waals surface area (Å²) in [6.07, 6.45) is 1.14. The first-order chi connectivity index (χ1) is 16.5. The van der Waals surface area contributed by atoms with Crippen molar-refractivity contribution >= 4 is 33.2 Å². The Morgan fingerprint density at radius 1 is 0.971 bits per heavy atom. The number of hydrogen-bond acceptors (Lipinski definition) is 4. The molecule has 0 bridgehead atoms. The maximum absolute atomic E-state index is 12.6. The van der Waals surface area contributed by atoms with Gasteiger partial charge in [-0.1, -0.05) is 68.8 Å². The molecule has 0 fully saturated rings. The quantitative estimate of drug-likeness (QED) is 0.387. The summed E-state index contributed by atoms with van der Waals surface area (Å²) in [4.78, 5) is 12.6. The SMILES string of the molecule is CC(C)(C)c1ccccc1OCCNC(=O)c1ccc(N(Cc2ccccc2Cl)S(C)(=O)=O)cc1. The Bertz CT molecular complexity index is 1270. The summed E-state index contributed by atoms with van der Waals surface area (Å²) in [7, 11) is -3.57. The van der Waals surface area contributed by atoms with Gasteiger partial charge in [-0.2, -0.15) is 0 Å². The van der Waals surface area contributed by atoms with E-state index in [-0.39, 0.29) is 17.9 Å². The lowest BCUT2D eigenvalue weighted by Gasteiger charge is -2.23. The molecular weight excluding hydrogens is 484 g/mol. The molecule has 0 aromatic heterocycles. The van der Waals surface area contributed by atoms with Crippen molar-refractivity contribution in [3.05, 3.63) is 94.5 Å². The average Bonchev–Trinajstić information content (AvgIpc) is 2.80. The van der Waals surface area contributed by atoms with Gasteiger partial charge in [-0.05, 0) is 52.9 Å². The number of nitrogens with one attached hydrogen (secondary N) is 1. The monoisotopic (exact) mass is 514 g/mol. The Balaban J connectivity index is 1.62. The second-order valence-corrected chi connectivity index (χ2v) is 11.6. The summed E-state index contributed by atoms with van der Waals surface area (Å²) in [5, 5.41) is 3.33. The van der Waals surface area contributed by atoms with Gasteiger partial charge in [-0.3, -0.25) is 9.10 Å². The van der Waals surface area contributed by atoms with Gasteiger partial charge >= 0.3 is 0 Å². The molecule has 0 atom stereocenters. The molecule has 0 aliphatic carbocycles. The molecule has 0 heterocycles. The summed E-state index contributed by atoms with van der Waals surface area (Å²) in [5.41, 5.74) is 2.62. The fraction of sp³-hybridized carbons (Fsp3) is 0.296. The number of carbonyl (C=O) groups excluding carboxylic acids is 1. The van der Waals surface area contributed by atoms with Crippen LogP contribution in [0, 0.1) is 0 Å². The minimum atomic E-state index is -3.57. The standard InChI is InChI=1S/C27H31ClN2O4S/c1-27(2,3)23-10-6-8-12-25(23)34-18-17-29-26(31)20-13-15-22(16-14-20)30(35(4,32)33)19-21-9-5-7-11-24(21)28/h5-16H,17-19H2,1-4H3,(H,29,31). The molecule has 6 nitrogen and oxygen atoms in total. The molecule has 1 amide bonds. The molecule has 3 aromatic rings. The first-order valence-electron chi connectivity index (χ1n) is 11.3. The molecule has 3 rings (SSSR count). The number of nitrogens with zero attached hydrogens (tertiary/aromatic N) is 1. The van der Waals surface area contributed by atoms with Gasteiger partial charge in [0.15, 0.2) is 0 Å². The van der Waals surface area contributed by atoms with E-state index in [0.29, 0.717) is 35.0 Å². The van der Waals surface area contributed by atoms with Crippen molar-refractivity contribution in [3.63, 3.8) is 0 Å². The minimum absolute atomic E-state index is 0.0483. The van der Waals surface area contributed by atoms with Gasteiger partial charge in [0.1, 0.15) is 12.4 Å². The van der Waals surface area contributed by atoms with Crippen LogP contribution in [0.1, 0.15) is 42.3 Å². The van der Waals surface area contributed by atoms with Crippen molar-refractivity contribution in [2.45, 2.75) is 32.7 Å². The average molecular weight is 515 g/mol. The van der Waals surface area contributed by atoms with Gasteiger partial charge in [0.05, 0.1) is 25.0 Å². The molecule has 186 valence electrons. The minimum Gasteiger partial charge on any atom is -0.491 e. The second-order valence-electron chi connectivity index (χ2n) is 9.26. The number of amides is 1. The normalized spacial score (nSPS) is 11.7. The number of para-hydroxylation sites is 1. The largest absolute Gasteiger partial charge is 0.491 e. The number of benzene rings is 3. The lowest BCUT2D eigenvalue weighted by Crippen LogP contribution is -2.30. The van der Waals surface area contributed by atoms with E-state index in [2.05, 4.69) is 26.1 Å². The third-order valence-electron chi connectivity index (χ3n) is 5.43. The zero-order chi connectivity index (χ0) is 25.6. The molecule has 0 aliphatic heterocycles. The molecule has 35 heavy (non-hydrogen) atoms. The fourth-order valence-electron chi connectivity index (χ4n) is 3.60. The van der Waals surface area contributed by atoms with Crippen molar-refractivity contribution in [2.75, 3.05) is 23.7 Å². The Kier molecular flexibility index (Phi) is 8.46. The van der Waals surface area contributed by atoms with Crippen molar-refractivity contribution in [3.8, 4) is 5.75 Å². The number of carbonyl (C=O) groups is 1.